The number of nitrogens with one attached hydrogen (secondary N) is 2. The van der Waals surface area contributed by atoms with Crippen LogP contribution in [0.25, 0.3) is 0 Å². The lowest BCUT2D eigenvalue weighted by Gasteiger charge is -2.33. The molecule has 0 aromatic heterocycles. The Morgan fingerprint density at radius 3 is 2.45 bits per heavy atom. The zero-order chi connectivity index (χ0) is 21.7. The van der Waals surface area contributed by atoms with Crippen molar-refractivity contribution in [1.82, 2.24) is 15.5 Å². The van der Waals surface area contributed by atoms with Crippen LogP contribution in [-0.4, -0.2) is 55.7 Å². The van der Waals surface area contributed by atoms with Crippen LogP contribution in [0.5, 0.6) is 0 Å². The van der Waals surface area contributed by atoms with Gasteiger partial charge in [0.1, 0.15) is 6.54 Å². The molecule has 9 heteroatoms. The number of carbonyl (C=O) groups excluding carboxylic acids is 1. The van der Waals surface area contributed by atoms with Crippen LogP contribution in [0.4, 0.5) is 13.2 Å². The van der Waals surface area contributed by atoms with Crippen LogP contribution < -0.4 is 10.6 Å². The lowest BCUT2D eigenvalue weighted by molar-refractivity contribution is -0.183. The summed E-state index contributed by atoms with van der Waals surface area (Å²) >= 11 is 0. The highest BCUT2D eigenvalue weighted by molar-refractivity contribution is 14.0. The summed E-state index contributed by atoms with van der Waals surface area (Å²) in [5, 5.41) is 6.57. The van der Waals surface area contributed by atoms with Crippen molar-refractivity contribution in [2.75, 3.05) is 20.6 Å². The van der Waals surface area contributed by atoms with Gasteiger partial charge in [-0.2, -0.15) is 13.2 Å². The molecule has 3 unspecified atom stereocenters. The maximum absolute atomic E-state index is 13.2. The molecule has 31 heavy (non-hydrogen) atoms. The van der Waals surface area contributed by atoms with E-state index in [1.54, 1.807) is 14.1 Å². The SMILES string of the molecule is CN(C)C(=O)CN=C(NC1CCc2ccccc2C1)NC1CCCC(C(F)(F)F)C1.I. The number of guanidine groups is 1. The van der Waals surface area contributed by atoms with Crippen LogP contribution in [0.15, 0.2) is 29.3 Å². The number of hydrogen-bond acceptors (Lipinski definition) is 2. The first-order chi connectivity index (χ1) is 14.2. The normalized spacial score (nSPS) is 23.9. The van der Waals surface area contributed by atoms with E-state index in [-0.39, 0.29) is 61.4 Å². The van der Waals surface area contributed by atoms with Crippen molar-refractivity contribution in [3.63, 3.8) is 0 Å². The number of nitrogens with zero attached hydrogens (tertiary/aromatic N) is 2. The standard InChI is InChI=1S/C22H31F3N4O.HI/c1-29(2)20(30)14-26-21(27-18-9-5-8-17(13-18)22(23,24)25)28-19-11-10-15-6-3-4-7-16(15)12-19;/h3-4,6-7,17-19H,5,8-14H2,1-2H3,(H2,26,27,28);1H. The summed E-state index contributed by atoms with van der Waals surface area (Å²) in [5.41, 5.74) is 2.62. The van der Waals surface area contributed by atoms with Gasteiger partial charge in [-0.3, -0.25) is 4.79 Å². The van der Waals surface area contributed by atoms with E-state index in [9.17, 15) is 18.0 Å². The maximum Gasteiger partial charge on any atom is 0.391 e. The van der Waals surface area contributed by atoms with Crippen molar-refractivity contribution in [2.24, 2.45) is 10.9 Å². The van der Waals surface area contributed by atoms with Crippen molar-refractivity contribution < 1.29 is 18.0 Å². The second-order valence-corrected chi connectivity index (χ2v) is 8.55. The molecule has 1 fully saturated rings. The summed E-state index contributed by atoms with van der Waals surface area (Å²) in [6.07, 6.45) is -0.0652. The summed E-state index contributed by atoms with van der Waals surface area (Å²) in [6, 6.07) is 8.12. The van der Waals surface area contributed by atoms with Gasteiger partial charge in [-0.25, -0.2) is 4.99 Å². The number of amides is 1. The van der Waals surface area contributed by atoms with Crippen LogP contribution in [0.3, 0.4) is 0 Å². The summed E-state index contributed by atoms with van der Waals surface area (Å²) in [7, 11) is 3.32. The van der Waals surface area contributed by atoms with Crippen molar-refractivity contribution in [3.05, 3.63) is 35.4 Å². The van der Waals surface area contributed by atoms with Gasteiger partial charge in [-0.15, -0.1) is 24.0 Å². The molecule has 1 aromatic rings. The van der Waals surface area contributed by atoms with E-state index < -0.39 is 12.1 Å². The minimum Gasteiger partial charge on any atom is -0.354 e. The summed E-state index contributed by atoms with van der Waals surface area (Å²) in [5.74, 6) is -1.00. The number of alkyl halides is 3. The molecule has 1 aromatic carbocycles. The fraction of sp³-hybridized carbons (Fsp3) is 0.636. The van der Waals surface area contributed by atoms with E-state index in [0.29, 0.717) is 18.8 Å². The number of likely N-dealkylation sites (N-methyl/N-ethyl adjacent to an activating group) is 1. The zero-order valence-corrected chi connectivity index (χ0v) is 20.4. The van der Waals surface area contributed by atoms with Gasteiger partial charge >= 0.3 is 6.18 Å². The Kier molecular flexibility index (Phi) is 9.45. The summed E-state index contributed by atoms with van der Waals surface area (Å²) < 4.78 is 39.6. The second-order valence-electron chi connectivity index (χ2n) is 8.55. The Morgan fingerprint density at radius 1 is 1.10 bits per heavy atom. The summed E-state index contributed by atoms with van der Waals surface area (Å²) in [4.78, 5) is 17.8. The van der Waals surface area contributed by atoms with E-state index in [0.717, 1.165) is 19.3 Å². The average molecular weight is 552 g/mol. The largest absolute Gasteiger partial charge is 0.391 e. The number of aliphatic imine (C=N–C) groups is 1. The smallest absolute Gasteiger partial charge is 0.354 e. The van der Waals surface area contributed by atoms with E-state index in [4.69, 9.17) is 0 Å². The van der Waals surface area contributed by atoms with Crippen LogP contribution in [0.2, 0.25) is 0 Å². The number of fused-ring (bicyclic) bond motifs is 1. The molecule has 0 saturated heterocycles. The van der Waals surface area contributed by atoms with Crippen molar-refractivity contribution >= 4 is 35.8 Å². The molecule has 2 N–H and O–H groups in total. The molecule has 0 spiro atoms. The molecular weight excluding hydrogens is 520 g/mol. The molecule has 2 aliphatic rings. The van der Waals surface area contributed by atoms with Gasteiger partial charge in [0.2, 0.25) is 5.91 Å². The number of halogens is 4. The van der Waals surface area contributed by atoms with Gasteiger partial charge in [0.05, 0.1) is 5.92 Å². The van der Waals surface area contributed by atoms with Gasteiger partial charge in [0.15, 0.2) is 5.96 Å². The quantitative estimate of drug-likeness (QED) is 0.339. The molecule has 0 aliphatic heterocycles. The molecule has 5 nitrogen and oxygen atoms in total. The molecule has 1 amide bonds. The third kappa shape index (κ3) is 7.54. The summed E-state index contributed by atoms with van der Waals surface area (Å²) in [6.45, 7) is -0.0406. The van der Waals surface area contributed by atoms with Crippen molar-refractivity contribution in [1.29, 1.82) is 0 Å². The van der Waals surface area contributed by atoms with E-state index in [1.807, 2.05) is 12.1 Å². The average Bonchev–Trinajstić information content (AvgIpc) is 2.71. The fourth-order valence-corrected chi connectivity index (χ4v) is 4.25. The highest BCUT2D eigenvalue weighted by atomic mass is 127. The Hall–Kier alpha value is -1.52. The van der Waals surface area contributed by atoms with Crippen LogP contribution in [-0.2, 0) is 17.6 Å². The van der Waals surface area contributed by atoms with E-state index >= 15 is 0 Å². The van der Waals surface area contributed by atoms with E-state index in [1.165, 1.54) is 16.0 Å². The van der Waals surface area contributed by atoms with Gasteiger partial charge in [-0.1, -0.05) is 30.7 Å². The number of rotatable bonds is 4. The molecule has 1 saturated carbocycles. The predicted molar refractivity (Wildman–Crippen MR) is 127 cm³/mol. The molecule has 174 valence electrons. The first-order valence-corrected chi connectivity index (χ1v) is 10.6. The molecule has 0 radical (unpaired) electrons. The number of aryl methyl sites for hydroxylation is 1. The molecule has 0 heterocycles. The highest BCUT2D eigenvalue weighted by Gasteiger charge is 2.42. The maximum atomic E-state index is 13.2. The first kappa shape index (κ1) is 25.7. The van der Waals surface area contributed by atoms with Crippen molar-refractivity contribution in [2.45, 2.75) is 63.2 Å². The van der Waals surface area contributed by atoms with Crippen LogP contribution >= 0.6 is 24.0 Å². The Labute approximate surface area is 199 Å². The van der Waals surface area contributed by atoms with Crippen LogP contribution in [0.1, 0.15) is 43.2 Å². The van der Waals surface area contributed by atoms with Gasteiger partial charge in [0, 0.05) is 26.2 Å². The van der Waals surface area contributed by atoms with E-state index in [2.05, 4.69) is 27.8 Å². The third-order valence-corrected chi connectivity index (χ3v) is 6.04. The van der Waals surface area contributed by atoms with Gasteiger partial charge in [0.25, 0.3) is 0 Å². The number of benzene rings is 1. The zero-order valence-electron chi connectivity index (χ0n) is 18.0. The lowest BCUT2D eigenvalue weighted by Crippen LogP contribution is -2.51. The molecular formula is C22H32F3IN4O. The molecule has 3 atom stereocenters. The molecule has 0 bridgehead atoms. The molecule has 2 aliphatic carbocycles. The Morgan fingerprint density at radius 2 is 1.77 bits per heavy atom. The Balaban J connectivity index is 0.00000341. The predicted octanol–water partition coefficient (Wildman–Crippen LogP) is 3.91. The van der Waals surface area contributed by atoms with Crippen LogP contribution in [0, 0.1) is 5.92 Å². The second kappa shape index (κ2) is 11.4. The fourth-order valence-electron chi connectivity index (χ4n) is 4.25. The monoisotopic (exact) mass is 552 g/mol. The van der Waals surface area contributed by atoms with Gasteiger partial charge in [-0.05, 0) is 49.7 Å². The lowest BCUT2D eigenvalue weighted by atomic mass is 9.85. The first-order valence-electron chi connectivity index (χ1n) is 10.6. The number of hydrogen-bond donors (Lipinski definition) is 2. The topological polar surface area (TPSA) is 56.7 Å². The highest BCUT2D eigenvalue weighted by Crippen LogP contribution is 2.37. The number of carbonyl (C=O) groups is 1. The van der Waals surface area contributed by atoms with Gasteiger partial charge < -0.3 is 15.5 Å². The Bertz CT molecular complexity index is 769. The minimum atomic E-state index is -4.17. The molecule has 3 rings (SSSR count). The van der Waals surface area contributed by atoms with Crippen molar-refractivity contribution in [3.8, 4) is 0 Å². The third-order valence-electron chi connectivity index (χ3n) is 6.04. The minimum absolute atomic E-state index is 0.